The second-order valence-electron chi connectivity index (χ2n) is 6.83. The lowest BCUT2D eigenvalue weighted by atomic mass is 9.75. The van der Waals surface area contributed by atoms with E-state index in [1.165, 1.54) is 0 Å². The lowest BCUT2D eigenvalue weighted by Crippen LogP contribution is -2.25. The van der Waals surface area contributed by atoms with E-state index >= 15 is 0 Å². The van der Waals surface area contributed by atoms with Crippen LogP contribution in [0.1, 0.15) is 34.1 Å². The number of anilines is 1. The number of hydrogen-bond donors (Lipinski definition) is 3. The monoisotopic (exact) mass is 347 g/mol. The fraction of sp³-hybridized carbons (Fsp3) is 0.182. The molecule has 132 valence electrons. The number of phenols is 2. The summed E-state index contributed by atoms with van der Waals surface area (Å²) in [6.07, 6.45) is 0. The van der Waals surface area contributed by atoms with Crippen LogP contribution in [0.25, 0.3) is 0 Å². The van der Waals surface area contributed by atoms with Crippen molar-refractivity contribution in [2.45, 2.75) is 18.8 Å². The molecule has 3 aromatic carbocycles. The first-order valence-corrected chi connectivity index (χ1v) is 8.63. The fourth-order valence-electron chi connectivity index (χ4n) is 3.71. The molecular formula is C22H21NO3. The van der Waals surface area contributed by atoms with Crippen molar-refractivity contribution in [2.75, 3.05) is 12.3 Å². The van der Waals surface area contributed by atoms with Gasteiger partial charge in [-0.15, -0.1) is 0 Å². The maximum Gasteiger partial charge on any atom is 0.126 e. The van der Waals surface area contributed by atoms with E-state index < -0.39 is 0 Å². The minimum Gasteiger partial charge on any atom is -0.508 e. The van der Waals surface area contributed by atoms with Crippen molar-refractivity contribution in [3.05, 3.63) is 82.9 Å². The van der Waals surface area contributed by atoms with Crippen LogP contribution >= 0.6 is 0 Å². The van der Waals surface area contributed by atoms with Gasteiger partial charge in [0.2, 0.25) is 0 Å². The summed E-state index contributed by atoms with van der Waals surface area (Å²) >= 11 is 0. The van der Waals surface area contributed by atoms with Gasteiger partial charge in [-0.3, -0.25) is 0 Å². The van der Waals surface area contributed by atoms with Crippen LogP contribution in [0, 0.1) is 6.92 Å². The van der Waals surface area contributed by atoms with E-state index in [0.29, 0.717) is 18.1 Å². The number of hydrogen-bond acceptors (Lipinski definition) is 4. The average Bonchev–Trinajstić information content (AvgIpc) is 2.64. The zero-order valence-electron chi connectivity index (χ0n) is 14.5. The van der Waals surface area contributed by atoms with Crippen LogP contribution in [-0.2, 0) is 0 Å². The topological polar surface area (TPSA) is 75.7 Å². The highest BCUT2D eigenvalue weighted by Crippen LogP contribution is 2.47. The Bertz CT molecular complexity index is 950. The van der Waals surface area contributed by atoms with Crippen molar-refractivity contribution in [3.8, 4) is 17.2 Å². The van der Waals surface area contributed by atoms with E-state index in [9.17, 15) is 10.2 Å². The molecule has 1 aliphatic rings. The predicted octanol–water partition coefficient (Wildman–Crippen LogP) is 4.30. The highest BCUT2D eigenvalue weighted by molar-refractivity contribution is 5.52. The number of nitrogen functional groups attached to an aromatic ring is 1. The van der Waals surface area contributed by atoms with E-state index in [4.69, 9.17) is 10.5 Å². The maximum absolute atomic E-state index is 9.87. The maximum atomic E-state index is 9.87. The van der Waals surface area contributed by atoms with Gasteiger partial charge in [0.1, 0.15) is 17.2 Å². The van der Waals surface area contributed by atoms with Crippen LogP contribution in [0.2, 0.25) is 0 Å². The van der Waals surface area contributed by atoms with Crippen LogP contribution in [0.5, 0.6) is 17.2 Å². The molecule has 2 atom stereocenters. The molecule has 4 rings (SSSR count). The summed E-state index contributed by atoms with van der Waals surface area (Å²) in [5, 5.41) is 19.7. The second-order valence-corrected chi connectivity index (χ2v) is 6.83. The van der Waals surface area contributed by atoms with Gasteiger partial charge in [0.15, 0.2) is 0 Å². The molecule has 1 heterocycles. The standard InChI is InChI=1S/C22H21NO3/c1-13-10-15(4-9-20(13)25)19-12-26-21-11-17(24)7-8-18(21)22(19)14-2-5-16(23)6-3-14/h2-11,19,22,24-25H,12,23H2,1H3. The Morgan fingerprint density at radius 3 is 2.38 bits per heavy atom. The Morgan fingerprint density at radius 2 is 1.65 bits per heavy atom. The number of fused-ring (bicyclic) bond motifs is 1. The van der Waals surface area contributed by atoms with Crippen molar-refractivity contribution in [1.82, 2.24) is 0 Å². The largest absolute Gasteiger partial charge is 0.508 e. The summed E-state index contributed by atoms with van der Waals surface area (Å²) in [7, 11) is 0. The molecule has 1 aliphatic heterocycles. The first kappa shape index (κ1) is 16.3. The van der Waals surface area contributed by atoms with Gasteiger partial charge in [-0.05, 0) is 47.9 Å². The van der Waals surface area contributed by atoms with Gasteiger partial charge >= 0.3 is 0 Å². The van der Waals surface area contributed by atoms with E-state index in [-0.39, 0.29) is 17.6 Å². The van der Waals surface area contributed by atoms with Gasteiger partial charge in [-0.2, -0.15) is 0 Å². The quantitative estimate of drug-likeness (QED) is 0.604. The molecule has 0 aliphatic carbocycles. The van der Waals surface area contributed by atoms with E-state index in [2.05, 4.69) is 0 Å². The minimum absolute atomic E-state index is 0.0730. The summed E-state index contributed by atoms with van der Waals surface area (Å²) in [6, 6.07) is 18.9. The summed E-state index contributed by atoms with van der Waals surface area (Å²) in [5.74, 6) is 1.36. The Hall–Kier alpha value is -3.14. The summed E-state index contributed by atoms with van der Waals surface area (Å²) in [6.45, 7) is 2.39. The van der Waals surface area contributed by atoms with Crippen molar-refractivity contribution in [3.63, 3.8) is 0 Å². The molecule has 0 spiro atoms. The SMILES string of the molecule is Cc1cc(C2COc3cc(O)ccc3C2c2ccc(N)cc2)ccc1O. The normalized spacial score (nSPS) is 18.8. The molecule has 0 saturated carbocycles. The molecule has 3 aromatic rings. The molecule has 26 heavy (non-hydrogen) atoms. The number of rotatable bonds is 2. The summed E-state index contributed by atoms with van der Waals surface area (Å²) in [4.78, 5) is 0. The van der Waals surface area contributed by atoms with Crippen LogP contribution in [0.15, 0.2) is 60.7 Å². The fourth-order valence-corrected chi connectivity index (χ4v) is 3.71. The number of aryl methyl sites for hydroxylation is 1. The van der Waals surface area contributed by atoms with Crippen LogP contribution in [0.4, 0.5) is 5.69 Å². The Labute approximate surface area is 152 Å². The minimum atomic E-state index is 0.0730. The summed E-state index contributed by atoms with van der Waals surface area (Å²) < 4.78 is 5.97. The molecule has 4 nitrogen and oxygen atoms in total. The molecule has 0 aromatic heterocycles. The molecular weight excluding hydrogens is 326 g/mol. The van der Waals surface area contributed by atoms with E-state index in [0.717, 1.165) is 27.9 Å². The summed E-state index contributed by atoms with van der Waals surface area (Å²) in [5.41, 5.74) is 10.7. The zero-order valence-corrected chi connectivity index (χ0v) is 14.5. The number of nitrogens with two attached hydrogens (primary N) is 1. The van der Waals surface area contributed by atoms with Gasteiger partial charge in [0.05, 0.1) is 6.61 Å². The van der Waals surface area contributed by atoms with Crippen molar-refractivity contribution in [2.24, 2.45) is 0 Å². The highest BCUT2D eigenvalue weighted by Gasteiger charge is 2.33. The number of ether oxygens (including phenoxy) is 1. The molecule has 2 unspecified atom stereocenters. The zero-order chi connectivity index (χ0) is 18.3. The van der Waals surface area contributed by atoms with Gasteiger partial charge < -0.3 is 20.7 Å². The molecule has 0 saturated heterocycles. The third kappa shape index (κ3) is 2.84. The molecule has 0 radical (unpaired) electrons. The number of benzene rings is 3. The van der Waals surface area contributed by atoms with Crippen molar-refractivity contribution in [1.29, 1.82) is 0 Å². The van der Waals surface area contributed by atoms with Crippen LogP contribution in [0.3, 0.4) is 0 Å². The highest BCUT2D eigenvalue weighted by atomic mass is 16.5. The first-order chi connectivity index (χ1) is 12.5. The average molecular weight is 347 g/mol. The Kier molecular flexibility index (Phi) is 3.96. The first-order valence-electron chi connectivity index (χ1n) is 8.63. The van der Waals surface area contributed by atoms with Gasteiger partial charge in [-0.25, -0.2) is 0 Å². The van der Waals surface area contributed by atoms with Crippen LogP contribution < -0.4 is 10.5 Å². The van der Waals surface area contributed by atoms with Crippen molar-refractivity contribution >= 4 is 5.69 Å². The second kappa shape index (κ2) is 6.30. The van der Waals surface area contributed by atoms with E-state index in [1.54, 1.807) is 18.2 Å². The molecule has 0 fully saturated rings. The van der Waals surface area contributed by atoms with Crippen LogP contribution in [-0.4, -0.2) is 16.8 Å². The number of aromatic hydroxyl groups is 2. The third-order valence-electron chi connectivity index (χ3n) is 5.10. The lowest BCUT2D eigenvalue weighted by Gasteiger charge is -2.34. The molecule has 0 bridgehead atoms. The Morgan fingerprint density at radius 1 is 0.923 bits per heavy atom. The van der Waals surface area contributed by atoms with Gasteiger partial charge in [0.25, 0.3) is 0 Å². The molecule has 4 N–H and O–H groups in total. The Balaban J connectivity index is 1.86. The smallest absolute Gasteiger partial charge is 0.126 e. The lowest BCUT2D eigenvalue weighted by molar-refractivity contribution is 0.247. The molecule has 0 amide bonds. The molecule has 4 heteroatoms. The van der Waals surface area contributed by atoms with Crippen molar-refractivity contribution < 1.29 is 14.9 Å². The third-order valence-corrected chi connectivity index (χ3v) is 5.10. The van der Waals surface area contributed by atoms with Gasteiger partial charge in [0, 0.05) is 29.2 Å². The predicted molar refractivity (Wildman–Crippen MR) is 102 cm³/mol. The van der Waals surface area contributed by atoms with Gasteiger partial charge in [-0.1, -0.05) is 30.3 Å². The number of phenolic OH excluding ortho intramolecular Hbond substituents is 2. The van der Waals surface area contributed by atoms with E-state index in [1.807, 2.05) is 49.4 Å².